The number of aromatic nitrogens is 2. The Morgan fingerprint density at radius 1 is 1.73 bits per heavy atom. The number of rotatable bonds is 2. The Morgan fingerprint density at radius 3 is 3.07 bits per heavy atom. The van der Waals surface area contributed by atoms with Crippen molar-refractivity contribution in [3.63, 3.8) is 0 Å². The van der Waals surface area contributed by atoms with E-state index in [1.807, 2.05) is 11.3 Å². The smallest absolute Gasteiger partial charge is 0.349 e. The van der Waals surface area contributed by atoms with E-state index in [4.69, 9.17) is 4.74 Å². The van der Waals surface area contributed by atoms with E-state index in [0.29, 0.717) is 11.5 Å². The van der Waals surface area contributed by atoms with Crippen molar-refractivity contribution in [2.45, 2.75) is 13.8 Å². The van der Waals surface area contributed by atoms with Crippen molar-refractivity contribution in [3.05, 3.63) is 20.5 Å². The van der Waals surface area contributed by atoms with Crippen LogP contribution in [0.3, 0.4) is 0 Å². The van der Waals surface area contributed by atoms with Gasteiger partial charge < -0.3 is 4.74 Å². The number of carbonyl (C=O) groups excluding carboxylic acids is 1. The zero-order valence-corrected chi connectivity index (χ0v) is 11.3. The number of imidazole rings is 1. The molecule has 15 heavy (non-hydrogen) atoms. The molecule has 6 heteroatoms. The van der Waals surface area contributed by atoms with Crippen LogP contribution in [-0.4, -0.2) is 22.0 Å². The minimum absolute atomic E-state index is 0.276. The molecule has 0 atom stereocenters. The second kappa shape index (κ2) is 4.09. The first-order valence-corrected chi connectivity index (χ1v) is 6.34. The Balaban J connectivity index is 2.44. The van der Waals surface area contributed by atoms with Crippen LogP contribution in [0.5, 0.6) is 0 Å². The third-order valence-corrected chi connectivity index (χ3v) is 4.17. The van der Waals surface area contributed by atoms with E-state index in [1.165, 1.54) is 11.3 Å². The summed E-state index contributed by atoms with van der Waals surface area (Å²) in [7, 11) is 0. The first-order valence-electron chi connectivity index (χ1n) is 4.44. The van der Waals surface area contributed by atoms with Gasteiger partial charge in [0.15, 0.2) is 4.96 Å². The number of hydrogen-bond donors (Lipinski definition) is 0. The monoisotopic (exact) mass is 336 g/mol. The lowest BCUT2D eigenvalue weighted by atomic mass is 10.5. The van der Waals surface area contributed by atoms with Gasteiger partial charge in [-0.1, -0.05) is 11.3 Å². The Morgan fingerprint density at radius 2 is 2.47 bits per heavy atom. The number of halogens is 1. The molecule has 0 N–H and O–H groups in total. The minimum Gasteiger partial charge on any atom is -0.462 e. The first kappa shape index (κ1) is 10.9. The molecule has 0 spiro atoms. The van der Waals surface area contributed by atoms with Gasteiger partial charge in [-0.25, -0.2) is 9.78 Å². The number of thiazole rings is 1. The summed E-state index contributed by atoms with van der Waals surface area (Å²) in [6.45, 7) is 4.14. The van der Waals surface area contributed by atoms with Crippen molar-refractivity contribution >= 4 is 44.9 Å². The van der Waals surface area contributed by atoms with Crippen LogP contribution in [0.2, 0.25) is 0 Å². The van der Waals surface area contributed by atoms with Gasteiger partial charge in [0, 0.05) is 6.20 Å². The van der Waals surface area contributed by atoms with Gasteiger partial charge in [-0.05, 0) is 36.4 Å². The highest BCUT2D eigenvalue weighted by Crippen LogP contribution is 2.22. The highest BCUT2D eigenvalue weighted by Gasteiger charge is 2.15. The summed E-state index contributed by atoms with van der Waals surface area (Å²) >= 11 is 3.56. The summed E-state index contributed by atoms with van der Waals surface area (Å²) in [5, 5.41) is 0. The molecule has 0 aliphatic heterocycles. The molecule has 4 nitrogen and oxygen atoms in total. The van der Waals surface area contributed by atoms with Gasteiger partial charge in [0.2, 0.25) is 0 Å². The highest BCUT2D eigenvalue weighted by molar-refractivity contribution is 14.1. The molecule has 2 heterocycles. The number of carbonyl (C=O) groups is 1. The highest BCUT2D eigenvalue weighted by atomic mass is 127. The Kier molecular flexibility index (Phi) is 2.96. The lowest BCUT2D eigenvalue weighted by molar-refractivity contribution is 0.0531. The fourth-order valence-corrected chi connectivity index (χ4v) is 2.80. The first-order chi connectivity index (χ1) is 7.13. The maximum atomic E-state index is 11.5. The summed E-state index contributed by atoms with van der Waals surface area (Å²) in [5.41, 5.74) is 0.984. The van der Waals surface area contributed by atoms with E-state index >= 15 is 0 Å². The molecule has 0 fully saturated rings. The number of fused-ring (bicyclic) bond motifs is 1. The van der Waals surface area contributed by atoms with E-state index in [1.54, 1.807) is 13.1 Å². The minimum atomic E-state index is -0.276. The molecule has 0 bridgehead atoms. The zero-order chi connectivity index (χ0) is 11.0. The van der Waals surface area contributed by atoms with Crippen LogP contribution in [0.1, 0.15) is 22.3 Å². The molecular formula is C9H9IN2O2S. The average Bonchev–Trinajstić information content (AvgIpc) is 2.70. The quantitative estimate of drug-likeness (QED) is 0.625. The second-order valence-electron chi connectivity index (χ2n) is 2.96. The van der Waals surface area contributed by atoms with Crippen LogP contribution in [-0.2, 0) is 4.74 Å². The van der Waals surface area contributed by atoms with Gasteiger partial charge >= 0.3 is 5.97 Å². The molecule has 0 unspecified atom stereocenters. The molecular weight excluding hydrogens is 327 g/mol. The van der Waals surface area contributed by atoms with Crippen molar-refractivity contribution in [2.24, 2.45) is 0 Å². The Bertz CT molecular complexity index is 517. The molecule has 2 aromatic rings. The molecule has 0 aliphatic carbocycles. The third-order valence-electron chi connectivity index (χ3n) is 1.90. The van der Waals surface area contributed by atoms with Crippen LogP contribution in [0, 0.1) is 10.6 Å². The van der Waals surface area contributed by atoms with Crippen LogP contribution in [0.4, 0.5) is 0 Å². The summed E-state index contributed by atoms with van der Waals surface area (Å²) in [5.74, 6) is -0.276. The fourth-order valence-electron chi connectivity index (χ4n) is 1.22. The van der Waals surface area contributed by atoms with Crippen molar-refractivity contribution in [2.75, 3.05) is 6.61 Å². The summed E-state index contributed by atoms with van der Waals surface area (Å²) in [6.07, 6.45) is 1.78. The van der Waals surface area contributed by atoms with E-state index in [0.717, 1.165) is 14.4 Å². The molecule has 2 aromatic heterocycles. The van der Waals surface area contributed by atoms with Gasteiger partial charge in [-0.3, -0.25) is 4.40 Å². The predicted octanol–water partition coefficient (Wildman–Crippen LogP) is 2.49. The molecule has 0 amide bonds. The van der Waals surface area contributed by atoms with Gasteiger partial charge in [0.1, 0.15) is 8.58 Å². The lowest BCUT2D eigenvalue weighted by Gasteiger charge is -1.96. The topological polar surface area (TPSA) is 43.6 Å². The average molecular weight is 336 g/mol. The van der Waals surface area contributed by atoms with Gasteiger partial charge in [-0.15, -0.1) is 0 Å². The lowest BCUT2D eigenvalue weighted by Crippen LogP contribution is -2.02. The van der Waals surface area contributed by atoms with Gasteiger partial charge in [-0.2, -0.15) is 0 Å². The van der Waals surface area contributed by atoms with Gasteiger partial charge in [0.25, 0.3) is 0 Å². The van der Waals surface area contributed by atoms with Crippen molar-refractivity contribution in [3.8, 4) is 0 Å². The number of hydrogen-bond acceptors (Lipinski definition) is 4. The van der Waals surface area contributed by atoms with Crippen molar-refractivity contribution < 1.29 is 9.53 Å². The maximum absolute atomic E-state index is 11.5. The third kappa shape index (κ3) is 1.87. The number of aryl methyl sites for hydroxylation is 1. The standard InChI is InChI=1S/C9H9IN2O2S/c1-3-14-8(13)6-4-12-7(10)5(2)11-9(12)15-6/h4H,3H2,1-2H3. The number of ether oxygens (including phenoxy) is 1. The summed E-state index contributed by atoms with van der Waals surface area (Å²) in [4.78, 5) is 17.2. The number of nitrogens with zero attached hydrogens (tertiary/aromatic N) is 2. The van der Waals surface area contributed by atoms with Crippen LogP contribution >= 0.6 is 33.9 Å². The van der Waals surface area contributed by atoms with E-state index in [-0.39, 0.29) is 5.97 Å². The Hall–Kier alpha value is -0.630. The summed E-state index contributed by atoms with van der Waals surface area (Å²) < 4.78 is 7.87. The van der Waals surface area contributed by atoms with Crippen LogP contribution in [0.25, 0.3) is 4.96 Å². The number of esters is 1. The van der Waals surface area contributed by atoms with Crippen LogP contribution in [0.15, 0.2) is 6.20 Å². The predicted molar refractivity (Wildman–Crippen MR) is 66.5 cm³/mol. The molecule has 0 saturated carbocycles. The SMILES string of the molecule is CCOC(=O)c1cn2c(I)c(C)nc2s1. The summed E-state index contributed by atoms with van der Waals surface area (Å²) in [6, 6.07) is 0. The van der Waals surface area contributed by atoms with E-state index in [9.17, 15) is 4.79 Å². The van der Waals surface area contributed by atoms with Crippen LogP contribution < -0.4 is 0 Å². The van der Waals surface area contributed by atoms with Crippen molar-refractivity contribution in [1.29, 1.82) is 0 Å². The fraction of sp³-hybridized carbons (Fsp3) is 0.333. The normalized spacial score (nSPS) is 10.9. The second-order valence-corrected chi connectivity index (χ2v) is 4.99. The zero-order valence-electron chi connectivity index (χ0n) is 8.28. The van der Waals surface area contributed by atoms with Gasteiger partial charge in [0.05, 0.1) is 12.3 Å². The van der Waals surface area contributed by atoms with Crippen molar-refractivity contribution in [1.82, 2.24) is 9.38 Å². The molecule has 0 saturated heterocycles. The Labute approximate surface area is 104 Å². The molecule has 0 aromatic carbocycles. The molecule has 0 aliphatic rings. The molecule has 2 rings (SSSR count). The van der Waals surface area contributed by atoms with E-state index in [2.05, 4.69) is 27.6 Å². The van der Waals surface area contributed by atoms with E-state index < -0.39 is 0 Å². The molecule has 0 radical (unpaired) electrons. The molecule has 80 valence electrons. The maximum Gasteiger partial charge on any atom is 0.349 e. The largest absolute Gasteiger partial charge is 0.462 e.